The van der Waals surface area contributed by atoms with Crippen molar-refractivity contribution in [1.82, 2.24) is 15.2 Å². The number of nitrogens with zero attached hydrogens (tertiary/aromatic N) is 1. The van der Waals surface area contributed by atoms with Gasteiger partial charge in [-0.3, -0.25) is 14.4 Å². The summed E-state index contributed by atoms with van der Waals surface area (Å²) >= 11 is 0. The van der Waals surface area contributed by atoms with Crippen molar-refractivity contribution < 1.29 is 18.8 Å². The van der Waals surface area contributed by atoms with Gasteiger partial charge in [0.2, 0.25) is 5.91 Å². The molecule has 8 heteroatoms. The van der Waals surface area contributed by atoms with Crippen LogP contribution < -0.4 is 16.0 Å². The number of carbonyl (C=O) groups is 3. The third-order valence-electron chi connectivity index (χ3n) is 5.67. The maximum atomic E-state index is 13.9. The zero-order valence-electron chi connectivity index (χ0n) is 16.7. The van der Waals surface area contributed by atoms with Crippen LogP contribution in [0, 0.1) is 5.82 Å². The van der Waals surface area contributed by atoms with E-state index in [0.29, 0.717) is 17.9 Å². The molecule has 1 atom stereocenters. The number of rotatable bonds is 5. The van der Waals surface area contributed by atoms with Crippen molar-refractivity contribution >= 4 is 34.3 Å². The summed E-state index contributed by atoms with van der Waals surface area (Å²) in [7, 11) is 0. The van der Waals surface area contributed by atoms with Crippen LogP contribution in [0.2, 0.25) is 0 Å². The Morgan fingerprint density at radius 3 is 2.71 bits per heavy atom. The number of benzene rings is 2. The van der Waals surface area contributed by atoms with Crippen LogP contribution in [0.5, 0.6) is 0 Å². The molecule has 31 heavy (non-hydrogen) atoms. The third-order valence-corrected chi connectivity index (χ3v) is 5.67. The van der Waals surface area contributed by atoms with Gasteiger partial charge in [-0.15, -0.1) is 0 Å². The van der Waals surface area contributed by atoms with E-state index >= 15 is 0 Å². The smallest absolute Gasteiger partial charge is 0.268 e. The molecule has 0 spiro atoms. The molecule has 3 N–H and O–H groups in total. The van der Waals surface area contributed by atoms with Crippen LogP contribution in [-0.2, 0) is 4.79 Å². The zero-order valence-corrected chi connectivity index (χ0v) is 16.7. The predicted molar refractivity (Wildman–Crippen MR) is 113 cm³/mol. The van der Waals surface area contributed by atoms with Gasteiger partial charge in [-0.1, -0.05) is 12.1 Å². The van der Waals surface area contributed by atoms with Crippen LogP contribution >= 0.6 is 0 Å². The van der Waals surface area contributed by atoms with E-state index in [9.17, 15) is 18.8 Å². The van der Waals surface area contributed by atoms with Crippen LogP contribution in [0.3, 0.4) is 0 Å². The highest BCUT2D eigenvalue weighted by Crippen LogP contribution is 2.31. The highest BCUT2D eigenvalue weighted by atomic mass is 19.1. The summed E-state index contributed by atoms with van der Waals surface area (Å²) in [4.78, 5) is 37.2. The molecule has 2 aliphatic rings. The summed E-state index contributed by atoms with van der Waals surface area (Å²) in [5.74, 6) is -1.37. The Hall–Kier alpha value is -3.68. The quantitative estimate of drug-likeness (QED) is 0.593. The Kier molecular flexibility index (Phi) is 4.69. The van der Waals surface area contributed by atoms with Crippen molar-refractivity contribution in [1.29, 1.82) is 0 Å². The molecule has 1 unspecified atom stereocenters. The largest absolute Gasteiger partial charge is 0.353 e. The molecular weight excluding hydrogens is 399 g/mol. The van der Waals surface area contributed by atoms with Crippen LogP contribution in [0.25, 0.3) is 10.9 Å². The predicted octanol–water partition coefficient (Wildman–Crippen LogP) is 2.99. The number of fused-ring (bicyclic) bond motifs is 3. The minimum Gasteiger partial charge on any atom is -0.353 e. The second-order valence-electron chi connectivity index (χ2n) is 8.02. The SMILES string of the molecule is O=C(CC1CNC(=O)c2cc3cc(NC(=O)c4ccccc4F)ccc3n21)NC1CC1. The molecule has 0 bridgehead atoms. The summed E-state index contributed by atoms with van der Waals surface area (Å²) < 4.78 is 15.8. The third kappa shape index (κ3) is 3.76. The molecule has 0 saturated heterocycles. The summed E-state index contributed by atoms with van der Waals surface area (Å²) in [6, 6.07) is 12.9. The maximum absolute atomic E-state index is 13.9. The molecule has 5 rings (SSSR count). The van der Waals surface area contributed by atoms with Crippen molar-refractivity contribution in [3.05, 3.63) is 65.6 Å². The number of halogens is 1. The van der Waals surface area contributed by atoms with Gasteiger partial charge in [0.25, 0.3) is 11.8 Å². The fourth-order valence-electron chi connectivity index (χ4n) is 4.01. The molecule has 2 aromatic carbocycles. The number of hydrogen-bond acceptors (Lipinski definition) is 3. The second kappa shape index (κ2) is 7.54. The number of carbonyl (C=O) groups excluding carboxylic acids is 3. The first-order valence-electron chi connectivity index (χ1n) is 10.3. The Labute approximate surface area is 177 Å². The van der Waals surface area contributed by atoms with E-state index in [1.54, 1.807) is 30.3 Å². The average Bonchev–Trinajstić information content (AvgIpc) is 3.47. The maximum Gasteiger partial charge on any atom is 0.268 e. The highest BCUT2D eigenvalue weighted by Gasteiger charge is 2.30. The minimum atomic E-state index is -0.593. The van der Waals surface area contributed by atoms with Gasteiger partial charge in [-0.25, -0.2) is 4.39 Å². The standard InChI is InChI=1S/C23H21FN4O3/c24-18-4-2-1-3-17(18)22(30)27-15-7-8-19-13(9-15)10-20-23(31)25-12-16(28(19)20)11-21(29)26-14-5-6-14/h1-4,7-10,14,16H,5-6,11-12H2,(H,25,31)(H,26,29)(H,27,30). The van der Waals surface area contributed by atoms with Crippen molar-refractivity contribution in [2.24, 2.45) is 0 Å². The van der Waals surface area contributed by atoms with Crippen molar-refractivity contribution in [2.45, 2.75) is 31.3 Å². The van der Waals surface area contributed by atoms with E-state index in [1.807, 2.05) is 4.57 Å². The first-order chi connectivity index (χ1) is 15.0. The van der Waals surface area contributed by atoms with Gasteiger partial charge in [0.1, 0.15) is 11.5 Å². The van der Waals surface area contributed by atoms with Gasteiger partial charge in [0, 0.05) is 35.6 Å². The molecule has 1 saturated carbocycles. The van der Waals surface area contributed by atoms with Crippen LogP contribution in [0.4, 0.5) is 10.1 Å². The number of aromatic nitrogens is 1. The monoisotopic (exact) mass is 420 g/mol. The Morgan fingerprint density at radius 2 is 1.94 bits per heavy atom. The minimum absolute atomic E-state index is 0.0229. The lowest BCUT2D eigenvalue weighted by molar-refractivity contribution is -0.122. The molecule has 1 aromatic heterocycles. The lowest BCUT2D eigenvalue weighted by Crippen LogP contribution is -2.41. The van der Waals surface area contributed by atoms with Crippen LogP contribution in [-0.4, -0.2) is 34.9 Å². The Balaban J connectivity index is 1.43. The summed E-state index contributed by atoms with van der Waals surface area (Å²) in [5.41, 5.74) is 1.73. The normalized spacial score (nSPS) is 17.7. The number of hydrogen-bond donors (Lipinski definition) is 3. The molecule has 1 aliphatic heterocycles. The number of nitrogens with one attached hydrogen (secondary N) is 3. The summed E-state index contributed by atoms with van der Waals surface area (Å²) in [6.45, 7) is 0.374. The molecule has 1 aliphatic carbocycles. The van der Waals surface area contributed by atoms with Gasteiger partial charge in [0.05, 0.1) is 11.6 Å². The van der Waals surface area contributed by atoms with Crippen molar-refractivity contribution in [2.75, 3.05) is 11.9 Å². The first-order valence-corrected chi connectivity index (χ1v) is 10.3. The van der Waals surface area contributed by atoms with E-state index in [1.165, 1.54) is 18.2 Å². The van der Waals surface area contributed by atoms with E-state index in [4.69, 9.17) is 0 Å². The van der Waals surface area contributed by atoms with Gasteiger partial charge < -0.3 is 20.5 Å². The van der Waals surface area contributed by atoms with Crippen LogP contribution in [0.1, 0.15) is 46.2 Å². The molecule has 2 heterocycles. The van der Waals surface area contributed by atoms with Gasteiger partial charge >= 0.3 is 0 Å². The van der Waals surface area contributed by atoms with Crippen molar-refractivity contribution in [3.63, 3.8) is 0 Å². The van der Waals surface area contributed by atoms with Gasteiger partial charge in [-0.2, -0.15) is 0 Å². The zero-order chi connectivity index (χ0) is 21.5. The summed E-state index contributed by atoms with van der Waals surface area (Å²) in [6.07, 6.45) is 2.32. The second-order valence-corrected chi connectivity index (χ2v) is 8.02. The highest BCUT2D eigenvalue weighted by molar-refractivity contribution is 6.06. The fourth-order valence-corrected chi connectivity index (χ4v) is 4.01. The van der Waals surface area contributed by atoms with E-state index in [2.05, 4.69) is 16.0 Å². The Bertz CT molecular complexity index is 1210. The number of amides is 3. The first kappa shape index (κ1) is 19.3. The topological polar surface area (TPSA) is 92.2 Å². The lowest BCUT2D eigenvalue weighted by Gasteiger charge is -2.27. The van der Waals surface area contributed by atoms with Gasteiger partial charge in [0.15, 0.2) is 0 Å². The molecule has 1 fully saturated rings. The van der Waals surface area contributed by atoms with E-state index in [-0.39, 0.29) is 35.9 Å². The molecule has 3 aromatic rings. The Morgan fingerprint density at radius 1 is 1.13 bits per heavy atom. The fraction of sp³-hybridized carbons (Fsp3) is 0.261. The summed E-state index contributed by atoms with van der Waals surface area (Å²) in [5, 5.41) is 9.30. The van der Waals surface area contributed by atoms with E-state index < -0.39 is 11.7 Å². The molecular formula is C23H21FN4O3. The molecule has 0 radical (unpaired) electrons. The van der Waals surface area contributed by atoms with Gasteiger partial charge in [-0.05, 0) is 49.2 Å². The van der Waals surface area contributed by atoms with E-state index in [0.717, 1.165) is 23.7 Å². The molecule has 158 valence electrons. The van der Waals surface area contributed by atoms with Crippen molar-refractivity contribution in [3.8, 4) is 0 Å². The molecule has 3 amide bonds. The molecule has 7 nitrogen and oxygen atoms in total. The lowest BCUT2D eigenvalue weighted by atomic mass is 10.1. The average molecular weight is 420 g/mol. The van der Waals surface area contributed by atoms with Crippen LogP contribution in [0.15, 0.2) is 48.5 Å². The number of anilines is 1.